The lowest BCUT2D eigenvalue weighted by Gasteiger charge is -2.12. The highest BCUT2D eigenvalue weighted by molar-refractivity contribution is 5.94. The van der Waals surface area contributed by atoms with Crippen LogP contribution in [0.15, 0.2) is 24.3 Å². The van der Waals surface area contributed by atoms with Crippen molar-refractivity contribution in [2.24, 2.45) is 5.73 Å². The molecular formula is C18H16F2N2O3. The molecule has 0 fully saturated rings. The Bertz CT molecular complexity index is 881. The van der Waals surface area contributed by atoms with Gasteiger partial charge in [0.05, 0.1) is 17.7 Å². The lowest BCUT2D eigenvalue weighted by molar-refractivity contribution is 0.0957. The highest BCUT2D eigenvalue weighted by Crippen LogP contribution is 2.35. The smallest absolute Gasteiger partial charge is 0.253 e. The zero-order chi connectivity index (χ0) is 18.1. The van der Waals surface area contributed by atoms with Crippen molar-refractivity contribution in [2.45, 2.75) is 12.8 Å². The van der Waals surface area contributed by atoms with Gasteiger partial charge >= 0.3 is 0 Å². The Morgan fingerprint density at radius 3 is 2.64 bits per heavy atom. The molecule has 3 rings (SSSR count). The van der Waals surface area contributed by atoms with Crippen molar-refractivity contribution in [3.8, 4) is 5.75 Å². The number of benzene rings is 2. The number of carbonyl (C=O) groups is 2. The summed E-state index contributed by atoms with van der Waals surface area (Å²) in [6.45, 7) is 0.311. The van der Waals surface area contributed by atoms with Crippen LogP contribution >= 0.6 is 0 Å². The lowest BCUT2D eigenvalue weighted by atomic mass is 9.96. The molecule has 7 heteroatoms. The molecule has 0 aromatic heterocycles. The number of hydrogen-bond acceptors (Lipinski definition) is 3. The van der Waals surface area contributed by atoms with E-state index in [1.54, 1.807) is 6.07 Å². The molecule has 2 aromatic rings. The summed E-state index contributed by atoms with van der Waals surface area (Å²) >= 11 is 0. The molecule has 3 N–H and O–H groups in total. The summed E-state index contributed by atoms with van der Waals surface area (Å²) < 4.78 is 33.9. The zero-order valence-corrected chi connectivity index (χ0v) is 13.5. The Labute approximate surface area is 142 Å². The van der Waals surface area contributed by atoms with Gasteiger partial charge in [0.15, 0.2) is 0 Å². The van der Waals surface area contributed by atoms with E-state index < -0.39 is 23.4 Å². The number of rotatable bonds is 4. The maximum atomic E-state index is 14.3. The van der Waals surface area contributed by atoms with E-state index in [1.165, 1.54) is 25.2 Å². The second-order valence-corrected chi connectivity index (χ2v) is 5.74. The fourth-order valence-corrected chi connectivity index (χ4v) is 2.94. The van der Waals surface area contributed by atoms with Gasteiger partial charge in [-0.25, -0.2) is 8.78 Å². The Morgan fingerprint density at radius 2 is 2.00 bits per heavy atom. The number of fused-ring (bicyclic) bond motifs is 1. The largest absolute Gasteiger partial charge is 0.493 e. The lowest BCUT2D eigenvalue weighted by Crippen LogP contribution is -2.19. The average molecular weight is 346 g/mol. The van der Waals surface area contributed by atoms with Gasteiger partial charge in [0, 0.05) is 25.5 Å². The molecule has 0 spiro atoms. The van der Waals surface area contributed by atoms with Gasteiger partial charge in [-0.15, -0.1) is 0 Å². The van der Waals surface area contributed by atoms with Gasteiger partial charge < -0.3 is 15.8 Å². The number of ether oxygens (including phenoxy) is 1. The van der Waals surface area contributed by atoms with E-state index in [-0.39, 0.29) is 17.5 Å². The minimum Gasteiger partial charge on any atom is -0.493 e. The third-order valence-electron chi connectivity index (χ3n) is 4.15. The van der Waals surface area contributed by atoms with E-state index in [0.29, 0.717) is 35.5 Å². The summed E-state index contributed by atoms with van der Waals surface area (Å²) in [5.74, 6) is -2.34. The number of hydrogen-bond donors (Lipinski definition) is 2. The Hall–Kier alpha value is -2.96. The predicted molar refractivity (Wildman–Crippen MR) is 86.7 cm³/mol. The zero-order valence-electron chi connectivity index (χ0n) is 13.5. The quantitative estimate of drug-likeness (QED) is 0.888. The molecule has 5 nitrogen and oxygen atoms in total. The molecule has 2 aromatic carbocycles. The number of halogens is 2. The van der Waals surface area contributed by atoms with Gasteiger partial charge in [0.1, 0.15) is 17.4 Å². The highest BCUT2D eigenvalue weighted by atomic mass is 19.1. The molecule has 0 atom stereocenters. The molecule has 0 saturated carbocycles. The van der Waals surface area contributed by atoms with Crippen LogP contribution in [0, 0.1) is 11.6 Å². The van der Waals surface area contributed by atoms with Gasteiger partial charge in [-0.1, -0.05) is 6.07 Å². The minimum absolute atomic E-state index is 0.0651. The summed E-state index contributed by atoms with van der Waals surface area (Å²) in [7, 11) is 1.42. The van der Waals surface area contributed by atoms with Crippen LogP contribution in [0.2, 0.25) is 0 Å². The second kappa shape index (κ2) is 6.51. The molecule has 1 aliphatic heterocycles. The molecule has 0 unspecified atom stereocenters. The van der Waals surface area contributed by atoms with E-state index in [9.17, 15) is 18.4 Å². The maximum absolute atomic E-state index is 14.3. The number of amides is 2. The molecule has 0 saturated heterocycles. The Balaban J connectivity index is 2.00. The van der Waals surface area contributed by atoms with E-state index in [0.717, 1.165) is 0 Å². The fourth-order valence-electron chi connectivity index (χ4n) is 2.94. The summed E-state index contributed by atoms with van der Waals surface area (Å²) in [5.41, 5.74) is 6.39. The van der Waals surface area contributed by atoms with Gasteiger partial charge in [-0.05, 0) is 29.3 Å². The van der Waals surface area contributed by atoms with Crippen molar-refractivity contribution in [3.05, 3.63) is 63.7 Å². The molecule has 2 amide bonds. The van der Waals surface area contributed by atoms with Crippen LogP contribution in [0.4, 0.5) is 8.78 Å². The van der Waals surface area contributed by atoms with Crippen molar-refractivity contribution < 1.29 is 23.1 Å². The first-order chi connectivity index (χ1) is 11.9. The van der Waals surface area contributed by atoms with Crippen molar-refractivity contribution in [3.63, 3.8) is 0 Å². The monoisotopic (exact) mass is 346 g/mol. The average Bonchev–Trinajstić information content (AvgIpc) is 3.07. The summed E-state index contributed by atoms with van der Waals surface area (Å²) in [6.07, 6.45) is 0.563. The van der Waals surface area contributed by atoms with Gasteiger partial charge in [0.2, 0.25) is 0 Å². The highest BCUT2D eigenvalue weighted by Gasteiger charge is 2.26. The Morgan fingerprint density at radius 1 is 1.24 bits per heavy atom. The van der Waals surface area contributed by atoms with E-state index in [2.05, 4.69) is 5.32 Å². The van der Waals surface area contributed by atoms with Crippen molar-refractivity contribution in [1.82, 2.24) is 5.32 Å². The molecular weight excluding hydrogens is 330 g/mol. The fraction of sp³-hybridized carbons (Fsp3) is 0.222. The van der Waals surface area contributed by atoms with Crippen molar-refractivity contribution >= 4 is 11.8 Å². The minimum atomic E-state index is -0.866. The van der Waals surface area contributed by atoms with Crippen LogP contribution in [-0.4, -0.2) is 25.5 Å². The topological polar surface area (TPSA) is 81.4 Å². The van der Waals surface area contributed by atoms with Crippen LogP contribution in [-0.2, 0) is 12.8 Å². The van der Waals surface area contributed by atoms with E-state index in [4.69, 9.17) is 10.5 Å². The van der Waals surface area contributed by atoms with E-state index in [1.807, 2.05) is 0 Å². The molecule has 1 aliphatic rings. The van der Waals surface area contributed by atoms with Crippen LogP contribution in [0.3, 0.4) is 0 Å². The van der Waals surface area contributed by atoms with Crippen LogP contribution < -0.4 is 15.8 Å². The second-order valence-electron chi connectivity index (χ2n) is 5.74. The maximum Gasteiger partial charge on any atom is 0.253 e. The van der Waals surface area contributed by atoms with Crippen LogP contribution in [0.1, 0.15) is 37.4 Å². The van der Waals surface area contributed by atoms with Gasteiger partial charge in [-0.2, -0.15) is 0 Å². The summed E-state index contributed by atoms with van der Waals surface area (Å²) in [5, 5.41) is 2.36. The third-order valence-corrected chi connectivity index (χ3v) is 4.15. The van der Waals surface area contributed by atoms with Gasteiger partial charge in [-0.3, -0.25) is 9.59 Å². The number of carbonyl (C=O) groups excluding carboxylic acids is 2. The Kier molecular flexibility index (Phi) is 4.39. The third kappa shape index (κ3) is 3.05. The first kappa shape index (κ1) is 16.9. The molecule has 130 valence electrons. The van der Waals surface area contributed by atoms with E-state index >= 15 is 0 Å². The SMILES string of the molecule is CNC(=O)c1ccc(Cc2cc(C(N)=O)c(F)c3c2OCC3)cc1F. The molecule has 1 heterocycles. The summed E-state index contributed by atoms with van der Waals surface area (Å²) in [6, 6.07) is 5.55. The predicted octanol–water partition coefficient (Wildman–Crippen LogP) is 1.95. The first-order valence-electron chi connectivity index (χ1n) is 7.69. The number of nitrogens with two attached hydrogens (primary N) is 1. The molecule has 0 bridgehead atoms. The standard InChI is InChI=1S/C18H16F2N2O3/c1-22-18(24)11-3-2-9(7-14(11)19)6-10-8-13(17(21)23)15(20)12-4-5-25-16(10)12/h2-3,7-8H,4-6H2,1H3,(H2,21,23)(H,22,24). The number of nitrogens with one attached hydrogen (secondary N) is 1. The molecule has 0 aliphatic carbocycles. The van der Waals surface area contributed by atoms with Gasteiger partial charge in [0.25, 0.3) is 11.8 Å². The van der Waals surface area contributed by atoms with Crippen molar-refractivity contribution in [2.75, 3.05) is 13.7 Å². The van der Waals surface area contributed by atoms with Crippen LogP contribution in [0.5, 0.6) is 5.75 Å². The number of primary amides is 1. The summed E-state index contributed by atoms with van der Waals surface area (Å²) in [4.78, 5) is 23.0. The normalized spacial score (nSPS) is 12.4. The first-order valence-corrected chi connectivity index (χ1v) is 7.69. The van der Waals surface area contributed by atoms with Crippen molar-refractivity contribution in [1.29, 1.82) is 0 Å². The molecule has 25 heavy (non-hydrogen) atoms. The van der Waals surface area contributed by atoms with Crippen LogP contribution in [0.25, 0.3) is 0 Å². The molecule has 0 radical (unpaired) electrons.